The summed E-state index contributed by atoms with van der Waals surface area (Å²) < 4.78 is 27.8. The van der Waals surface area contributed by atoms with E-state index in [1.807, 2.05) is 60.7 Å². The largest absolute Gasteiger partial charge is 0.497 e. The number of rotatable bonds is 8. The zero-order valence-electron chi connectivity index (χ0n) is 25.7. The average Bonchev–Trinajstić information content (AvgIpc) is 3.26. The Hall–Kier alpha value is -3.76. The van der Waals surface area contributed by atoms with Crippen molar-refractivity contribution in [1.29, 1.82) is 0 Å². The maximum atomic E-state index is 13.1. The number of nitrogens with zero attached hydrogens (tertiary/aromatic N) is 1. The Labute approximate surface area is 258 Å². The van der Waals surface area contributed by atoms with Crippen molar-refractivity contribution in [3.05, 3.63) is 134 Å². The van der Waals surface area contributed by atoms with Crippen molar-refractivity contribution in [2.45, 2.75) is 62.9 Å². The van der Waals surface area contributed by atoms with E-state index in [1.165, 1.54) is 4.57 Å². The standard InChI is InChI=1S/C35H40N2O6Si/c1-24-22-37(34(39)36-32(24)38)33-31-29(16-11-21-44(3,4)43-31)30(42-33)23-41-35(25-12-7-5-8-13-25,26-14-9-6-10-15-26)27-17-19-28(40-2)20-18-27/h5-10,12-15,17-20,22,29-31,33H,11,16,21,23H2,1-4H3,(H,36,38,39)/t29-,30-,31-,33-/m1/s1. The number of benzene rings is 3. The van der Waals surface area contributed by atoms with Gasteiger partial charge in [0.1, 0.15) is 11.4 Å². The Bertz CT molecular complexity index is 1650. The first-order valence-corrected chi connectivity index (χ1v) is 18.4. The van der Waals surface area contributed by atoms with Gasteiger partial charge in [-0.15, -0.1) is 0 Å². The molecule has 6 rings (SSSR count). The molecule has 2 aliphatic heterocycles. The second kappa shape index (κ2) is 12.3. The van der Waals surface area contributed by atoms with Crippen LogP contribution in [0.15, 0.2) is 101 Å². The van der Waals surface area contributed by atoms with Crippen molar-refractivity contribution in [2.75, 3.05) is 13.7 Å². The summed E-state index contributed by atoms with van der Waals surface area (Å²) in [6.07, 6.45) is 2.15. The van der Waals surface area contributed by atoms with Crippen molar-refractivity contribution in [3.63, 3.8) is 0 Å². The van der Waals surface area contributed by atoms with Crippen LogP contribution in [0.5, 0.6) is 5.75 Å². The molecule has 44 heavy (non-hydrogen) atoms. The second-order valence-electron chi connectivity index (χ2n) is 12.4. The van der Waals surface area contributed by atoms with E-state index in [9.17, 15) is 9.59 Å². The fraction of sp³-hybridized carbons (Fsp3) is 0.371. The smallest absolute Gasteiger partial charge is 0.330 e. The summed E-state index contributed by atoms with van der Waals surface area (Å²) >= 11 is 0. The van der Waals surface area contributed by atoms with Crippen LogP contribution in [0.2, 0.25) is 19.1 Å². The van der Waals surface area contributed by atoms with Crippen LogP contribution in [0.25, 0.3) is 0 Å². The highest BCUT2D eigenvalue weighted by molar-refractivity contribution is 6.71. The maximum absolute atomic E-state index is 13.1. The predicted molar refractivity (Wildman–Crippen MR) is 172 cm³/mol. The maximum Gasteiger partial charge on any atom is 0.330 e. The summed E-state index contributed by atoms with van der Waals surface area (Å²) in [6.45, 7) is 6.39. The summed E-state index contributed by atoms with van der Waals surface area (Å²) in [5.41, 5.74) is 1.53. The lowest BCUT2D eigenvalue weighted by Gasteiger charge is -2.37. The molecule has 2 saturated heterocycles. The molecule has 1 N–H and O–H groups in total. The van der Waals surface area contributed by atoms with Crippen LogP contribution in [0, 0.1) is 12.8 Å². The molecule has 0 radical (unpaired) electrons. The van der Waals surface area contributed by atoms with Gasteiger partial charge in [0.2, 0.25) is 0 Å². The van der Waals surface area contributed by atoms with E-state index < -0.39 is 31.4 Å². The van der Waals surface area contributed by atoms with Crippen LogP contribution in [0.1, 0.15) is 41.3 Å². The second-order valence-corrected chi connectivity index (χ2v) is 16.6. The highest BCUT2D eigenvalue weighted by Gasteiger charge is 2.51. The highest BCUT2D eigenvalue weighted by atomic mass is 28.4. The summed E-state index contributed by atoms with van der Waals surface area (Å²) in [4.78, 5) is 27.7. The van der Waals surface area contributed by atoms with Gasteiger partial charge < -0.3 is 18.6 Å². The fourth-order valence-electron chi connectivity index (χ4n) is 6.76. The summed E-state index contributed by atoms with van der Waals surface area (Å²) in [5, 5.41) is 0. The van der Waals surface area contributed by atoms with Gasteiger partial charge in [0, 0.05) is 17.7 Å². The van der Waals surface area contributed by atoms with Crippen molar-refractivity contribution < 1.29 is 18.6 Å². The average molecular weight is 613 g/mol. The number of aryl methyl sites for hydroxylation is 1. The Kier molecular flexibility index (Phi) is 8.48. The molecule has 0 spiro atoms. The zero-order chi connectivity index (χ0) is 30.9. The van der Waals surface area contributed by atoms with Crippen LogP contribution in [-0.2, 0) is 19.5 Å². The molecule has 0 bridgehead atoms. The van der Waals surface area contributed by atoms with Crippen LogP contribution in [0.3, 0.4) is 0 Å². The van der Waals surface area contributed by atoms with E-state index in [0.29, 0.717) is 5.56 Å². The molecule has 0 aliphatic carbocycles. The van der Waals surface area contributed by atoms with Crippen molar-refractivity contribution >= 4 is 8.32 Å². The van der Waals surface area contributed by atoms with Gasteiger partial charge in [-0.05, 0) is 61.3 Å². The van der Waals surface area contributed by atoms with Gasteiger partial charge in [-0.3, -0.25) is 14.3 Å². The fourth-order valence-corrected chi connectivity index (χ4v) is 8.96. The van der Waals surface area contributed by atoms with Crippen LogP contribution in [-0.4, -0.2) is 43.8 Å². The lowest BCUT2D eigenvalue weighted by atomic mass is 9.80. The van der Waals surface area contributed by atoms with Crippen molar-refractivity contribution in [1.82, 2.24) is 9.55 Å². The minimum absolute atomic E-state index is 0.00789. The van der Waals surface area contributed by atoms with Crippen LogP contribution in [0.4, 0.5) is 0 Å². The normalized spacial score (nSPS) is 23.1. The van der Waals surface area contributed by atoms with Gasteiger partial charge in [-0.25, -0.2) is 4.79 Å². The lowest BCUT2D eigenvalue weighted by Crippen LogP contribution is -2.42. The van der Waals surface area contributed by atoms with Gasteiger partial charge in [0.05, 0.1) is 25.9 Å². The summed E-state index contributed by atoms with van der Waals surface area (Å²) in [7, 11) is -0.361. The monoisotopic (exact) mass is 612 g/mol. The first-order chi connectivity index (χ1) is 21.2. The molecule has 0 amide bonds. The highest BCUT2D eigenvalue weighted by Crippen LogP contribution is 2.46. The lowest BCUT2D eigenvalue weighted by molar-refractivity contribution is -0.0903. The topological polar surface area (TPSA) is 91.8 Å². The Morgan fingerprint density at radius 2 is 1.55 bits per heavy atom. The summed E-state index contributed by atoms with van der Waals surface area (Å²) in [5.74, 6) is 0.770. The SMILES string of the molecule is COc1ccc(C(OC[C@H]2O[C@@H](n3cc(C)c(=O)[nH]c3=O)[C@@H]3O[Si](C)(C)CCC[C@@H]32)(c2ccccc2)c2ccccc2)cc1. The molecule has 8 nitrogen and oxygen atoms in total. The van der Waals surface area contributed by atoms with Crippen LogP contribution < -0.4 is 16.0 Å². The van der Waals surface area contributed by atoms with Gasteiger partial charge in [-0.2, -0.15) is 0 Å². The third kappa shape index (κ3) is 5.72. The molecule has 0 saturated carbocycles. The van der Waals surface area contributed by atoms with Gasteiger partial charge >= 0.3 is 5.69 Å². The van der Waals surface area contributed by atoms with Crippen molar-refractivity contribution in [2.24, 2.45) is 5.92 Å². The molecule has 1 aromatic heterocycles. The van der Waals surface area contributed by atoms with Crippen molar-refractivity contribution in [3.8, 4) is 5.75 Å². The molecular weight excluding hydrogens is 572 g/mol. The number of hydrogen-bond acceptors (Lipinski definition) is 6. The van der Waals surface area contributed by atoms with E-state index in [4.69, 9.17) is 18.6 Å². The number of fused-ring (bicyclic) bond motifs is 1. The van der Waals surface area contributed by atoms with Gasteiger partial charge in [-0.1, -0.05) is 79.2 Å². The van der Waals surface area contributed by atoms with Crippen LogP contribution >= 0.6 is 0 Å². The third-order valence-corrected chi connectivity index (χ3v) is 11.5. The molecule has 2 fully saturated rings. The molecule has 9 heteroatoms. The number of ether oxygens (including phenoxy) is 3. The molecule has 4 atom stereocenters. The molecule has 0 unspecified atom stereocenters. The van der Waals surface area contributed by atoms with E-state index in [0.717, 1.165) is 41.3 Å². The minimum atomic E-state index is -2.02. The zero-order valence-corrected chi connectivity index (χ0v) is 26.7. The number of aromatic amines is 1. The number of hydrogen-bond donors (Lipinski definition) is 1. The van der Waals surface area contributed by atoms with E-state index in [-0.39, 0.29) is 24.7 Å². The summed E-state index contributed by atoms with van der Waals surface area (Å²) in [6, 6.07) is 29.5. The molecule has 4 aromatic rings. The number of aromatic nitrogens is 2. The van der Waals surface area contributed by atoms with E-state index in [1.54, 1.807) is 20.2 Å². The van der Waals surface area contributed by atoms with E-state index >= 15 is 0 Å². The first-order valence-electron chi connectivity index (χ1n) is 15.3. The molecule has 230 valence electrons. The quantitative estimate of drug-likeness (QED) is 0.201. The first kappa shape index (κ1) is 30.3. The van der Waals surface area contributed by atoms with Gasteiger partial charge in [0.15, 0.2) is 14.5 Å². The number of H-pyrrole nitrogens is 1. The Morgan fingerprint density at radius 1 is 0.932 bits per heavy atom. The minimum Gasteiger partial charge on any atom is -0.497 e. The molecule has 3 aromatic carbocycles. The molecule has 2 aliphatic rings. The molecular formula is C35H40N2O6Si. The number of methoxy groups -OCH3 is 1. The predicted octanol–water partition coefficient (Wildman–Crippen LogP) is 5.76. The third-order valence-electron chi connectivity index (χ3n) is 9.01. The molecule has 3 heterocycles. The van der Waals surface area contributed by atoms with E-state index in [2.05, 4.69) is 42.3 Å². The Balaban J connectivity index is 1.43. The number of nitrogens with one attached hydrogen (secondary N) is 1. The van der Waals surface area contributed by atoms with Gasteiger partial charge in [0.25, 0.3) is 5.56 Å². The Morgan fingerprint density at radius 3 is 2.16 bits per heavy atom.